The molecule has 0 aromatic carbocycles. The van der Waals surface area contributed by atoms with E-state index in [1.807, 2.05) is 0 Å². The molecule has 0 radical (unpaired) electrons. The van der Waals surface area contributed by atoms with Crippen LogP contribution in [-0.2, 0) is 5.92 Å². The molecule has 0 aliphatic heterocycles. The fraction of sp³-hybridized carbons (Fsp3) is 0.375. The molecule has 1 nitrogen and oxygen atoms in total. The number of pyridine rings is 1. The molecule has 1 heterocycles. The predicted molar refractivity (Wildman–Crippen MR) is 46.5 cm³/mol. The average Bonchev–Trinajstić information content (AvgIpc) is 2.06. The van der Waals surface area contributed by atoms with Crippen molar-refractivity contribution < 1.29 is 8.78 Å². The van der Waals surface area contributed by atoms with Crippen molar-refractivity contribution in [3.63, 3.8) is 0 Å². The summed E-state index contributed by atoms with van der Waals surface area (Å²) in [6.07, 6.45) is 2.56. The van der Waals surface area contributed by atoms with Gasteiger partial charge >= 0.3 is 0 Å². The third-order valence-corrected chi connectivity index (χ3v) is 1.91. The molecule has 0 bridgehead atoms. The minimum atomic E-state index is -2.74. The molecule has 0 N–H and O–H groups in total. The normalized spacial score (nSPS) is 11.6. The van der Waals surface area contributed by atoms with Crippen LogP contribution in [0.5, 0.6) is 0 Å². The Bertz CT molecular complexity index is 238. The van der Waals surface area contributed by atoms with Crippen LogP contribution in [-0.4, -0.2) is 10.3 Å². The van der Waals surface area contributed by atoms with Crippen LogP contribution in [0.2, 0.25) is 0 Å². The van der Waals surface area contributed by atoms with Crippen LogP contribution in [0.1, 0.15) is 12.0 Å². The Balaban J connectivity index is 2.82. The SMILES string of the molecule is FC(F)(CCBr)c1ccncc1. The van der Waals surface area contributed by atoms with Gasteiger partial charge in [-0.2, -0.15) is 0 Å². The van der Waals surface area contributed by atoms with E-state index in [1.54, 1.807) is 0 Å². The van der Waals surface area contributed by atoms with Crippen LogP contribution in [0, 0.1) is 0 Å². The predicted octanol–water partition coefficient (Wildman–Crippen LogP) is 2.96. The van der Waals surface area contributed by atoms with Gasteiger partial charge in [-0.3, -0.25) is 4.98 Å². The molecule has 0 atom stereocenters. The van der Waals surface area contributed by atoms with Gasteiger partial charge < -0.3 is 0 Å². The van der Waals surface area contributed by atoms with Crippen LogP contribution in [0.25, 0.3) is 0 Å². The van der Waals surface area contributed by atoms with Gasteiger partial charge in [0.1, 0.15) is 0 Å². The highest BCUT2D eigenvalue weighted by Crippen LogP contribution is 2.31. The smallest absolute Gasteiger partial charge is 0.265 e. The zero-order valence-corrected chi connectivity index (χ0v) is 7.89. The maximum Gasteiger partial charge on any atom is 0.274 e. The summed E-state index contributed by atoms with van der Waals surface area (Å²) in [4.78, 5) is 3.67. The second-order valence-electron chi connectivity index (χ2n) is 2.38. The maximum atomic E-state index is 13.1. The Morgan fingerprint density at radius 1 is 1.33 bits per heavy atom. The fourth-order valence-electron chi connectivity index (χ4n) is 0.859. The largest absolute Gasteiger partial charge is 0.274 e. The molecule has 0 unspecified atom stereocenters. The Morgan fingerprint density at radius 3 is 2.42 bits per heavy atom. The molecule has 0 spiro atoms. The van der Waals surface area contributed by atoms with Gasteiger partial charge in [0.05, 0.1) is 0 Å². The summed E-state index contributed by atoms with van der Waals surface area (Å²) in [5, 5.41) is 0.294. The second kappa shape index (κ2) is 3.94. The molecule has 0 saturated heterocycles. The molecule has 4 heteroatoms. The molecule has 0 fully saturated rings. The van der Waals surface area contributed by atoms with Crippen molar-refractivity contribution in [2.24, 2.45) is 0 Å². The summed E-state index contributed by atoms with van der Waals surface area (Å²) in [5.41, 5.74) is 0.0250. The van der Waals surface area contributed by atoms with Gasteiger partial charge in [0.25, 0.3) is 5.92 Å². The lowest BCUT2D eigenvalue weighted by Crippen LogP contribution is -2.13. The van der Waals surface area contributed by atoms with Gasteiger partial charge in [-0.25, -0.2) is 8.78 Å². The topological polar surface area (TPSA) is 12.9 Å². The van der Waals surface area contributed by atoms with Crippen LogP contribution in [0.15, 0.2) is 24.5 Å². The third kappa shape index (κ3) is 2.24. The molecule has 1 aromatic rings. The monoisotopic (exact) mass is 235 g/mol. The van der Waals surface area contributed by atoms with E-state index in [0.717, 1.165) is 0 Å². The molecule has 0 saturated carbocycles. The van der Waals surface area contributed by atoms with E-state index in [2.05, 4.69) is 20.9 Å². The zero-order chi connectivity index (χ0) is 9.03. The molecule has 12 heavy (non-hydrogen) atoms. The first-order valence-electron chi connectivity index (χ1n) is 3.51. The van der Waals surface area contributed by atoms with Crippen LogP contribution < -0.4 is 0 Å². The van der Waals surface area contributed by atoms with E-state index >= 15 is 0 Å². The standard InChI is InChI=1S/C8H8BrF2N/c9-4-3-8(10,11)7-1-5-12-6-2-7/h1-2,5-6H,3-4H2. The molecule has 0 amide bonds. The van der Waals surface area contributed by atoms with Crippen LogP contribution in [0.4, 0.5) is 8.78 Å². The van der Waals surface area contributed by atoms with Crippen molar-refractivity contribution in [2.45, 2.75) is 12.3 Å². The zero-order valence-electron chi connectivity index (χ0n) is 6.30. The van der Waals surface area contributed by atoms with Crippen molar-refractivity contribution >= 4 is 15.9 Å². The molecule has 66 valence electrons. The molecule has 0 aliphatic carbocycles. The fourth-order valence-corrected chi connectivity index (χ4v) is 1.36. The van der Waals surface area contributed by atoms with E-state index in [4.69, 9.17) is 0 Å². The number of aromatic nitrogens is 1. The first-order valence-corrected chi connectivity index (χ1v) is 4.63. The number of rotatable bonds is 3. The third-order valence-electron chi connectivity index (χ3n) is 1.51. The Morgan fingerprint density at radius 2 is 1.92 bits per heavy atom. The summed E-state index contributed by atoms with van der Waals surface area (Å²) in [7, 11) is 0. The van der Waals surface area contributed by atoms with E-state index < -0.39 is 5.92 Å². The summed E-state index contributed by atoms with van der Waals surface area (Å²) in [6.45, 7) is 0. The van der Waals surface area contributed by atoms with Gasteiger partial charge in [0.2, 0.25) is 0 Å². The van der Waals surface area contributed by atoms with Gasteiger partial charge in [0.15, 0.2) is 0 Å². The summed E-state index contributed by atoms with van der Waals surface area (Å²) in [5.74, 6) is -2.74. The lowest BCUT2D eigenvalue weighted by atomic mass is 10.1. The minimum absolute atomic E-state index is 0.0250. The summed E-state index contributed by atoms with van der Waals surface area (Å²) in [6, 6.07) is 2.67. The number of halogens is 3. The van der Waals surface area contributed by atoms with Gasteiger partial charge in [-0.05, 0) is 12.1 Å². The Labute approximate surface area is 77.9 Å². The van der Waals surface area contributed by atoms with Crippen molar-refractivity contribution in [3.05, 3.63) is 30.1 Å². The van der Waals surface area contributed by atoms with Crippen LogP contribution in [0.3, 0.4) is 0 Å². The van der Waals surface area contributed by atoms with Crippen molar-refractivity contribution in [1.82, 2.24) is 4.98 Å². The molecule has 0 aliphatic rings. The molecular weight excluding hydrogens is 228 g/mol. The van der Waals surface area contributed by atoms with Gasteiger partial charge in [-0.1, -0.05) is 15.9 Å². The highest BCUT2D eigenvalue weighted by Gasteiger charge is 2.29. The first-order chi connectivity index (χ1) is 5.67. The highest BCUT2D eigenvalue weighted by molar-refractivity contribution is 9.09. The number of hydrogen-bond donors (Lipinski definition) is 0. The lowest BCUT2D eigenvalue weighted by molar-refractivity contribution is -0.00679. The molecular formula is C8H8BrF2N. The number of hydrogen-bond acceptors (Lipinski definition) is 1. The Hall–Kier alpha value is -0.510. The second-order valence-corrected chi connectivity index (χ2v) is 3.17. The maximum absolute atomic E-state index is 13.1. The summed E-state index contributed by atoms with van der Waals surface area (Å²) < 4.78 is 26.2. The number of alkyl halides is 3. The van der Waals surface area contributed by atoms with Crippen molar-refractivity contribution in [2.75, 3.05) is 5.33 Å². The van der Waals surface area contributed by atoms with Crippen molar-refractivity contribution in [1.29, 1.82) is 0 Å². The minimum Gasteiger partial charge on any atom is -0.265 e. The van der Waals surface area contributed by atoms with Gasteiger partial charge in [0, 0.05) is 29.7 Å². The number of nitrogens with zero attached hydrogens (tertiary/aromatic N) is 1. The van der Waals surface area contributed by atoms with E-state index in [9.17, 15) is 8.78 Å². The first kappa shape index (κ1) is 9.58. The quantitative estimate of drug-likeness (QED) is 0.735. The summed E-state index contributed by atoms with van der Waals surface area (Å²) >= 11 is 2.99. The van der Waals surface area contributed by atoms with E-state index in [0.29, 0.717) is 5.33 Å². The van der Waals surface area contributed by atoms with E-state index in [-0.39, 0.29) is 12.0 Å². The average molecular weight is 236 g/mol. The molecule has 1 aromatic heterocycles. The van der Waals surface area contributed by atoms with Gasteiger partial charge in [-0.15, -0.1) is 0 Å². The molecule has 1 rings (SSSR count). The highest BCUT2D eigenvalue weighted by atomic mass is 79.9. The van der Waals surface area contributed by atoms with Crippen molar-refractivity contribution in [3.8, 4) is 0 Å². The Kier molecular flexibility index (Phi) is 3.14. The van der Waals surface area contributed by atoms with E-state index in [1.165, 1.54) is 24.5 Å². The van der Waals surface area contributed by atoms with Crippen LogP contribution >= 0.6 is 15.9 Å². The lowest BCUT2D eigenvalue weighted by Gasteiger charge is -2.14.